The van der Waals surface area contributed by atoms with Crippen LogP contribution in [0.15, 0.2) is 11.4 Å². The summed E-state index contributed by atoms with van der Waals surface area (Å²) in [5.74, 6) is 5.34. The molecule has 0 aliphatic heterocycles. The van der Waals surface area contributed by atoms with Gasteiger partial charge in [0.15, 0.2) is 0 Å². The lowest BCUT2D eigenvalue weighted by atomic mass is 10.3. The summed E-state index contributed by atoms with van der Waals surface area (Å²) >= 11 is 1.42. The second-order valence-corrected chi connectivity index (χ2v) is 6.70. The predicted octanol–water partition coefficient (Wildman–Crippen LogP) is 0.00450. The van der Waals surface area contributed by atoms with E-state index in [0.29, 0.717) is 6.61 Å². The Hall–Kier alpha value is -0.950. The molecule has 1 rings (SSSR count). The van der Waals surface area contributed by atoms with Crippen molar-refractivity contribution < 1.29 is 18.3 Å². The van der Waals surface area contributed by atoms with E-state index in [-0.39, 0.29) is 19.7 Å². The first-order chi connectivity index (χ1) is 9.49. The van der Waals surface area contributed by atoms with Gasteiger partial charge in [0.2, 0.25) is 0 Å². The summed E-state index contributed by atoms with van der Waals surface area (Å²) in [7, 11) is -0.488. The summed E-state index contributed by atoms with van der Waals surface area (Å²) in [5.41, 5.74) is 0.858. The number of thiophene rings is 1. The van der Waals surface area contributed by atoms with E-state index in [1.54, 1.807) is 0 Å². The summed E-state index contributed by atoms with van der Waals surface area (Å²) in [6.45, 7) is 0.636. The second kappa shape index (κ2) is 8.36. The molecule has 0 atom stereocenters. The minimum Gasteiger partial charge on any atom is -0.384 e. The Morgan fingerprint density at radius 3 is 2.95 bits per heavy atom. The maximum atomic E-state index is 11.9. The van der Waals surface area contributed by atoms with Crippen molar-refractivity contribution in [2.24, 2.45) is 0 Å². The van der Waals surface area contributed by atoms with E-state index < -0.39 is 10.2 Å². The van der Waals surface area contributed by atoms with Crippen molar-refractivity contribution in [1.29, 1.82) is 0 Å². The zero-order chi connectivity index (χ0) is 15.0. The van der Waals surface area contributed by atoms with E-state index in [9.17, 15) is 8.42 Å². The highest BCUT2D eigenvalue weighted by Gasteiger charge is 2.17. The van der Waals surface area contributed by atoms with E-state index >= 15 is 0 Å². The molecule has 0 aliphatic carbocycles. The first-order valence-electron chi connectivity index (χ1n) is 5.86. The molecule has 0 amide bonds. The summed E-state index contributed by atoms with van der Waals surface area (Å²) in [6.07, 6.45) is 0. The van der Waals surface area contributed by atoms with E-state index in [1.807, 2.05) is 11.4 Å². The van der Waals surface area contributed by atoms with Crippen LogP contribution < -0.4 is 4.72 Å². The lowest BCUT2D eigenvalue weighted by Gasteiger charge is -2.16. The fraction of sp³-hybridized carbons (Fsp3) is 0.500. The summed E-state index contributed by atoms with van der Waals surface area (Å²) in [5, 5.41) is 10.5. The third-order valence-corrected chi connectivity index (χ3v) is 4.76. The standard InChI is InChI=1S/C12H18N2O4S2/c1-14(20(16,17)13-5-7-18-2)9-11-8-12(19-10-11)4-3-6-15/h8,10,13,15H,5-7,9H2,1-2H3. The SMILES string of the molecule is COCCNS(=O)(=O)N(C)Cc1csc(C#CCO)c1. The maximum Gasteiger partial charge on any atom is 0.279 e. The highest BCUT2D eigenvalue weighted by atomic mass is 32.2. The first kappa shape index (κ1) is 17.1. The van der Waals surface area contributed by atoms with Crippen LogP contribution in [0.4, 0.5) is 0 Å². The van der Waals surface area contributed by atoms with Gasteiger partial charge in [-0.15, -0.1) is 11.3 Å². The molecule has 8 heteroatoms. The van der Waals surface area contributed by atoms with E-state index in [0.717, 1.165) is 10.4 Å². The Morgan fingerprint density at radius 1 is 1.55 bits per heavy atom. The van der Waals surface area contributed by atoms with Gasteiger partial charge >= 0.3 is 0 Å². The molecule has 0 aliphatic rings. The smallest absolute Gasteiger partial charge is 0.279 e. The molecule has 112 valence electrons. The van der Waals surface area contributed by atoms with E-state index in [4.69, 9.17) is 9.84 Å². The third-order valence-electron chi connectivity index (χ3n) is 2.35. The normalized spacial score (nSPS) is 11.4. The molecule has 0 saturated carbocycles. The van der Waals surface area contributed by atoms with Crippen molar-refractivity contribution in [1.82, 2.24) is 9.03 Å². The monoisotopic (exact) mass is 318 g/mol. The molecule has 2 N–H and O–H groups in total. The van der Waals surface area contributed by atoms with Gasteiger partial charge in [-0.1, -0.05) is 11.8 Å². The van der Waals surface area contributed by atoms with Crippen LogP contribution in [0.3, 0.4) is 0 Å². The van der Waals surface area contributed by atoms with Crippen molar-refractivity contribution in [3.05, 3.63) is 21.9 Å². The molecular weight excluding hydrogens is 300 g/mol. The van der Waals surface area contributed by atoms with Crippen molar-refractivity contribution in [3.63, 3.8) is 0 Å². The number of methoxy groups -OCH3 is 1. The van der Waals surface area contributed by atoms with Gasteiger partial charge in [0.25, 0.3) is 10.2 Å². The lowest BCUT2D eigenvalue weighted by molar-refractivity contribution is 0.204. The molecule has 1 aromatic heterocycles. The lowest BCUT2D eigenvalue weighted by Crippen LogP contribution is -2.39. The summed E-state index contributed by atoms with van der Waals surface area (Å²) in [4.78, 5) is 0.798. The highest BCUT2D eigenvalue weighted by molar-refractivity contribution is 7.87. The van der Waals surface area contributed by atoms with Gasteiger partial charge in [0.1, 0.15) is 6.61 Å². The van der Waals surface area contributed by atoms with Gasteiger partial charge in [-0.05, 0) is 17.0 Å². The highest BCUT2D eigenvalue weighted by Crippen LogP contribution is 2.15. The number of aliphatic hydroxyl groups is 1. The molecule has 0 aromatic carbocycles. The number of ether oxygens (including phenoxy) is 1. The fourth-order valence-corrected chi connectivity index (χ4v) is 3.03. The Kier molecular flexibility index (Phi) is 7.15. The van der Waals surface area contributed by atoms with Gasteiger partial charge < -0.3 is 9.84 Å². The first-order valence-corrected chi connectivity index (χ1v) is 8.18. The van der Waals surface area contributed by atoms with Crippen LogP contribution in [0.25, 0.3) is 0 Å². The molecule has 0 spiro atoms. The molecule has 0 bridgehead atoms. The summed E-state index contributed by atoms with van der Waals surface area (Å²) in [6, 6.07) is 1.81. The number of nitrogens with zero attached hydrogens (tertiary/aromatic N) is 1. The van der Waals surface area contributed by atoms with Crippen LogP contribution in [-0.2, 0) is 21.5 Å². The molecule has 20 heavy (non-hydrogen) atoms. The third kappa shape index (κ3) is 5.58. The zero-order valence-corrected chi connectivity index (χ0v) is 13.1. The van der Waals surface area contributed by atoms with Gasteiger partial charge in [-0.25, -0.2) is 0 Å². The molecule has 0 saturated heterocycles. The molecular formula is C12H18N2O4S2. The number of hydrogen-bond donors (Lipinski definition) is 2. The Labute approximate surface area is 123 Å². The van der Waals surface area contributed by atoms with Crippen LogP contribution in [0.1, 0.15) is 10.4 Å². The average Bonchev–Trinajstić information content (AvgIpc) is 2.84. The van der Waals surface area contributed by atoms with Gasteiger partial charge in [-0.3, -0.25) is 0 Å². The van der Waals surface area contributed by atoms with Crippen LogP contribution >= 0.6 is 11.3 Å². The minimum atomic E-state index is -3.51. The van der Waals surface area contributed by atoms with Crippen molar-refractivity contribution >= 4 is 21.5 Å². The largest absolute Gasteiger partial charge is 0.384 e. The van der Waals surface area contributed by atoms with Crippen molar-refractivity contribution in [2.45, 2.75) is 6.54 Å². The molecule has 0 unspecified atom stereocenters. The number of hydrogen-bond acceptors (Lipinski definition) is 5. The summed E-state index contributed by atoms with van der Waals surface area (Å²) < 4.78 is 32.2. The number of aliphatic hydroxyl groups excluding tert-OH is 1. The van der Waals surface area contributed by atoms with Crippen LogP contribution in [0, 0.1) is 11.8 Å². The average molecular weight is 318 g/mol. The van der Waals surface area contributed by atoms with Crippen LogP contribution in [0.5, 0.6) is 0 Å². The zero-order valence-electron chi connectivity index (χ0n) is 11.4. The number of nitrogens with one attached hydrogen (secondary N) is 1. The van der Waals surface area contributed by atoms with E-state index in [2.05, 4.69) is 16.6 Å². The van der Waals surface area contributed by atoms with Crippen LogP contribution in [-0.4, -0.2) is 51.7 Å². The Bertz CT molecular complexity index is 572. The quantitative estimate of drug-likeness (QED) is 0.548. The topological polar surface area (TPSA) is 78.9 Å². The predicted molar refractivity (Wildman–Crippen MR) is 78.5 cm³/mol. The Balaban J connectivity index is 2.60. The molecule has 6 nitrogen and oxygen atoms in total. The Morgan fingerprint density at radius 2 is 2.30 bits per heavy atom. The molecule has 0 fully saturated rings. The van der Waals surface area contributed by atoms with Crippen molar-refractivity contribution in [3.8, 4) is 11.8 Å². The second-order valence-electron chi connectivity index (χ2n) is 3.93. The van der Waals surface area contributed by atoms with Crippen molar-refractivity contribution in [2.75, 3.05) is 33.9 Å². The molecule has 1 heterocycles. The minimum absolute atomic E-state index is 0.190. The van der Waals surface area contributed by atoms with E-state index in [1.165, 1.54) is 29.8 Å². The van der Waals surface area contributed by atoms with Gasteiger partial charge in [0.05, 0.1) is 11.5 Å². The maximum absolute atomic E-state index is 11.9. The molecule has 0 radical (unpaired) electrons. The van der Waals surface area contributed by atoms with Gasteiger partial charge in [0, 0.05) is 27.2 Å². The fourth-order valence-electron chi connectivity index (χ4n) is 1.38. The van der Waals surface area contributed by atoms with Crippen LogP contribution in [0.2, 0.25) is 0 Å². The number of rotatable bonds is 7. The molecule has 1 aromatic rings. The van der Waals surface area contributed by atoms with Gasteiger partial charge in [-0.2, -0.15) is 17.4 Å².